The molecule has 100 valence electrons. The molecule has 0 unspecified atom stereocenters. The summed E-state index contributed by atoms with van der Waals surface area (Å²) in [6, 6.07) is 4.13. The summed E-state index contributed by atoms with van der Waals surface area (Å²) in [4.78, 5) is 14.1. The number of rotatable bonds is 1. The van der Waals surface area contributed by atoms with Crippen LogP contribution in [0, 0.1) is 6.92 Å². The summed E-state index contributed by atoms with van der Waals surface area (Å²) in [6.07, 6.45) is 0. The fourth-order valence-electron chi connectivity index (χ4n) is 2.49. The van der Waals surface area contributed by atoms with Crippen LogP contribution in [-0.2, 0) is 6.54 Å². The first-order chi connectivity index (χ1) is 9.16. The zero-order valence-electron chi connectivity index (χ0n) is 10.8. The maximum atomic E-state index is 12.2. The minimum Gasteiger partial charge on any atom is -0.345 e. The molecule has 0 saturated carbocycles. The van der Waals surface area contributed by atoms with Crippen molar-refractivity contribution in [3.8, 4) is 0 Å². The van der Waals surface area contributed by atoms with Crippen molar-refractivity contribution in [3.63, 3.8) is 0 Å². The molecular formula is C12H15N5OS. The molecule has 3 rings (SSSR count). The number of aromatic nitrogens is 3. The van der Waals surface area contributed by atoms with Crippen LogP contribution in [0.4, 0.5) is 9.93 Å². The standard InChI is InChI=1S/C12H15N5OS/c1-8-3-4-10-9(2)17(6-5-16(8)10)12(18)14-11-15-13-7-19-11/h3-4,7,9H,5-6H2,1-2H3,(H,14,15,18)/t9-/m1/s1. The van der Waals surface area contributed by atoms with Gasteiger partial charge in [-0.2, -0.15) is 0 Å². The summed E-state index contributed by atoms with van der Waals surface area (Å²) in [7, 11) is 0. The normalized spacial score (nSPS) is 18.2. The van der Waals surface area contributed by atoms with E-state index in [0.717, 1.165) is 6.54 Å². The molecule has 0 radical (unpaired) electrons. The molecule has 0 bridgehead atoms. The number of urea groups is 1. The monoisotopic (exact) mass is 277 g/mol. The molecule has 0 fully saturated rings. The van der Waals surface area contributed by atoms with E-state index < -0.39 is 0 Å². The van der Waals surface area contributed by atoms with E-state index in [1.54, 1.807) is 5.51 Å². The van der Waals surface area contributed by atoms with Crippen molar-refractivity contribution in [3.05, 3.63) is 29.0 Å². The topological polar surface area (TPSA) is 63.1 Å². The van der Waals surface area contributed by atoms with E-state index in [9.17, 15) is 4.79 Å². The van der Waals surface area contributed by atoms with E-state index in [-0.39, 0.29) is 12.1 Å². The molecule has 2 aromatic heterocycles. The van der Waals surface area contributed by atoms with Gasteiger partial charge in [-0.05, 0) is 26.0 Å². The number of hydrogen-bond acceptors (Lipinski definition) is 4. The van der Waals surface area contributed by atoms with Crippen molar-refractivity contribution in [1.29, 1.82) is 0 Å². The third-order valence-corrected chi connectivity index (χ3v) is 4.13. The second-order valence-corrected chi connectivity index (χ2v) is 5.43. The third kappa shape index (κ3) is 2.10. The van der Waals surface area contributed by atoms with Crippen molar-refractivity contribution in [2.45, 2.75) is 26.4 Å². The van der Waals surface area contributed by atoms with Gasteiger partial charge in [0.25, 0.3) is 0 Å². The highest BCUT2D eigenvalue weighted by atomic mass is 32.1. The lowest BCUT2D eigenvalue weighted by Gasteiger charge is -2.35. The van der Waals surface area contributed by atoms with Crippen LogP contribution in [0.5, 0.6) is 0 Å². The Labute approximate surface area is 115 Å². The van der Waals surface area contributed by atoms with E-state index in [1.807, 2.05) is 11.8 Å². The number of carbonyl (C=O) groups is 1. The summed E-state index contributed by atoms with van der Waals surface area (Å²) in [5.41, 5.74) is 4.02. The molecule has 1 N–H and O–H groups in total. The Bertz CT molecular complexity index is 591. The van der Waals surface area contributed by atoms with Gasteiger partial charge in [0.2, 0.25) is 5.13 Å². The van der Waals surface area contributed by atoms with E-state index in [1.165, 1.54) is 22.7 Å². The van der Waals surface area contributed by atoms with Crippen LogP contribution in [0.25, 0.3) is 0 Å². The fourth-order valence-corrected chi connectivity index (χ4v) is 2.92. The Kier molecular flexibility index (Phi) is 2.98. The number of aryl methyl sites for hydroxylation is 1. The van der Waals surface area contributed by atoms with E-state index in [4.69, 9.17) is 0 Å². The first-order valence-corrected chi connectivity index (χ1v) is 7.04. The maximum Gasteiger partial charge on any atom is 0.324 e. The number of carbonyl (C=O) groups excluding carboxylic acids is 1. The number of nitrogens with one attached hydrogen (secondary N) is 1. The van der Waals surface area contributed by atoms with Crippen molar-refractivity contribution < 1.29 is 4.79 Å². The Morgan fingerprint density at radius 3 is 3.05 bits per heavy atom. The second-order valence-electron chi connectivity index (χ2n) is 4.59. The lowest BCUT2D eigenvalue weighted by molar-refractivity contribution is 0.174. The molecule has 3 heterocycles. The Balaban J connectivity index is 1.78. The van der Waals surface area contributed by atoms with E-state index in [2.05, 4.69) is 39.1 Å². The van der Waals surface area contributed by atoms with Crippen molar-refractivity contribution >= 4 is 22.5 Å². The largest absolute Gasteiger partial charge is 0.345 e. The van der Waals surface area contributed by atoms with Gasteiger partial charge in [0.1, 0.15) is 5.51 Å². The van der Waals surface area contributed by atoms with Crippen LogP contribution in [0.3, 0.4) is 0 Å². The molecule has 7 heteroatoms. The molecular weight excluding hydrogens is 262 g/mol. The van der Waals surface area contributed by atoms with Gasteiger partial charge >= 0.3 is 6.03 Å². The van der Waals surface area contributed by atoms with Gasteiger partial charge in [-0.1, -0.05) is 11.3 Å². The average Bonchev–Trinajstić information content (AvgIpc) is 3.01. The zero-order valence-corrected chi connectivity index (χ0v) is 11.6. The molecule has 2 amide bonds. The number of fused-ring (bicyclic) bond motifs is 1. The predicted molar refractivity (Wildman–Crippen MR) is 73.2 cm³/mol. The van der Waals surface area contributed by atoms with Crippen LogP contribution in [0.2, 0.25) is 0 Å². The molecule has 0 aliphatic carbocycles. The SMILES string of the molecule is Cc1ccc2n1CCN(C(=O)Nc1nncs1)[C@@H]2C. The van der Waals surface area contributed by atoms with E-state index >= 15 is 0 Å². The summed E-state index contributed by atoms with van der Waals surface area (Å²) >= 11 is 1.32. The number of nitrogens with zero attached hydrogens (tertiary/aromatic N) is 4. The first kappa shape index (κ1) is 12.2. The van der Waals surface area contributed by atoms with Gasteiger partial charge in [0.15, 0.2) is 0 Å². The Morgan fingerprint density at radius 2 is 2.32 bits per heavy atom. The molecule has 0 aromatic carbocycles. The third-order valence-electron chi connectivity index (χ3n) is 3.53. The lowest BCUT2D eigenvalue weighted by atomic mass is 10.1. The molecule has 0 spiro atoms. The molecule has 0 saturated heterocycles. The summed E-state index contributed by atoms with van der Waals surface area (Å²) in [5, 5.41) is 10.9. The van der Waals surface area contributed by atoms with Crippen LogP contribution >= 0.6 is 11.3 Å². The van der Waals surface area contributed by atoms with Crippen LogP contribution in [0.1, 0.15) is 24.4 Å². The minimum absolute atomic E-state index is 0.0652. The first-order valence-electron chi connectivity index (χ1n) is 6.16. The van der Waals surface area contributed by atoms with Gasteiger partial charge < -0.3 is 9.47 Å². The minimum atomic E-state index is -0.116. The molecule has 19 heavy (non-hydrogen) atoms. The van der Waals surface area contributed by atoms with Crippen LogP contribution in [-0.4, -0.2) is 32.2 Å². The molecule has 2 aromatic rings. The second kappa shape index (κ2) is 4.65. The lowest BCUT2D eigenvalue weighted by Crippen LogP contribution is -2.43. The zero-order chi connectivity index (χ0) is 13.4. The van der Waals surface area contributed by atoms with E-state index in [0.29, 0.717) is 11.7 Å². The van der Waals surface area contributed by atoms with Gasteiger partial charge in [-0.15, -0.1) is 10.2 Å². The highest BCUT2D eigenvalue weighted by Gasteiger charge is 2.28. The van der Waals surface area contributed by atoms with Crippen LogP contribution < -0.4 is 5.32 Å². The number of anilines is 1. The Morgan fingerprint density at radius 1 is 1.47 bits per heavy atom. The van der Waals surface area contributed by atoms with Crippen molar-refractivity contribution in [2.75, 3.05) is 11.9 Å². The van der Waals surface area contributed by atoms with Crippen molar-refractivity contribution in [1.82, 2.24) is 19.7 Å². The Hall–Kier alpha value is -1.89. The molecule has 1 atom stereocenters. The smallest absolute Gasteiger partial charge is 0.324 e. The number of amides is 2. The van der Waals surface area contributed by atoms with Crippen LogP contribution in [0.15, 0.2) is 17.6 Å². The van der Waals surface area contributed by atoms with Gasteiger partial charge in [0.05, 0.1) is 6.04 Å². The molecule has 1 aliphatic heterocycles. The summed E-state index contributed by atoms with van der Waals surface area (Å²) in [5.74, 6) is 0. The average molecular weight is 277 g/mol. The van der Waals surface area contributed by atoms with Gasteiger partial charge in [0, 0.05) is 24.5 Å². The summed E-state index contributed by atoms with van der Waals surface area (Å²) < 4.78 is 2.26. The molecule has 1 aliphatic rings. The fraction of sp³-hybridized carbons (Fsp3) is 0.417. The van der Waals surface area contributed by atoms with Crippen molar-refractivity contribution in [2.24, 2.45) is 0 Å². The van der Waals surface area contributed by atoms with Gasteiger partial charge in [-0.3, -0.25) is 5.32 Å². The highest BCUT2D eigenvalue weighted by molar-refractivity contribution is 7.13. The molecule has 6 nitrogen and oxygen atoms in total. The maximum absolute atomic E-state index is 12.2. The quantitative estimate of drug-likeness (QED) is 0.869. The summed E-state index contributed by atoms with van der Waals surface area (Å²) in [6.45, 7) is 5.67. The van der Waals surface area contributed by atoms with Gasteiger partial charge in [-0.25, -0.2) is 4.79 Å². The number of hydrogen-bond donors (Lipinski definition) is 1. The predicted octanol–water partition coefficient (Wildman–Crippen LogP) is 2.26. The highest BCUT2D eigenvalue weighted by Crippen LogP contribution is 2.27.